The summed E-state index contributed by atoms with van der Waals surface area (Å²) in [7, 11) is -4.25. The summed E-state index contributed by atoms with van der Waals surface area (Å²) < 4.78 is 29.1. The Morgan fingerprint density at radius 1 is 1.30 bits per heavy atom. The molecular formula is C16H15ClN5O6PS. The number of fused-ring (bicyclic) bond motifs is 2. The smallest absolute Gasteiger partial charge is 0.386 e. The Bertz CT molecular complexity index is 1160. The third kappa shape index (κ3) is 3.49. The molecule has 2 aliphatic rings. The minimum absolute atomic E-state index is 0.168. The molecule has 4 heterocycles. The molecule has 0 amide bonds. The second kappa shape index (κ2) is 7.43. The van der Waals surface area contributed by atoms with E-state index in [4.69, 9.17) is 31.1 Å². The molecular weight excluding hydrogens is 457 g/mol. The van der Waals surface area contributed by atoms with Gasteiger partial charge in [0.05, 0.1) is 6.61 Å². The van der Waals surface area contributed by atoms with E-state index >= 15 is 0 Å². The van der Waals surface area contributed by atoms with Crippen LogP contribution in [0.25, 0.3) is 11.2 Å². The van der Waals surface area contributed by atoms with E-state index in [2.05, 4.69) is 15.0 Å². The number of nitrogens with zero attached hydrogens (tertiary/aromatic N) is 4. The van der Waals surface area contributed by atoms with Gasteiger partial charge in [-0.25, -0.2) is 19.5 Å². The molecule has 4 N–H and O–H groups in total. The number of imidazole rings is 1. The maximum Gasteiger partial charge on any atom is 0.472 e. The normalized spacial score (nSPS) is 31.2. The van der Waals surface area contributed by atoms with Gasteiger partial charge in [-0.3, -0.25) is 13.6 Å². The monoisotopic (exact) mass is 471 g/mol. The molecule has 3 aromatic rings. The van der Waals surface area contributed by atoms with Crippen molar-refractivity contribution in [2.45, 2.75) is 34.6 Å². The quantitative estimate of drug-likeness (QED) is 0.480. The van der Waals surface area contributed by atoms with Crippen molar-refractivity contribution >= 4 is 48.2 Å². The maximum absolute atomic E-state index is 11.8. The molecule has 0 spiro atoms. The fraction of sp³-hybridized carbons (Fsp3) is 0.312. The lowest BCUT2D eigenvalue weighted by molar-refractivity contribution is -0.0684. The van der Waals surface area contributed by atoms with Gasteiger partial charge in [0, 0.05) is 9.92 Å². The molecule has 2 saturated heterocycles. The van der Waals surface area contributed by atoms with Crippen molar-refractivity contribution in [1.29, 1.82) is 0 Å². The zero-order valence-corrected chi connectivity index (χ0v) is 17.5. The highest BCUT2D eigenvalue weighted by molar-refractivity contribution is 7.99. The van der Waals surface area contributed by atoms with E-state index in [0.29, 0.717) is 21.3 Å². The van der Waals surface area contributed by atoms with Crippen molar-refractivity contribution in [3.63, 3.8) is 0 Å². The van der Waals surface area contributed by atoms with Gasteiger partial charge in [0.15, 0.2) is 28.4 Å². The molecule has 1 unspecified atom stereocenters. The molecule has 2 aliphatic heterocycles. The van der Waals surface area contributed by atoms with Crippen LogP contribution in [0.4, 0.5) is 5.82 Å². The zero-order chi connectivity index (χ0) is 21.0. The summed E-state index contributed by atoms with van der Waals surface area (Å²) in [5, 5.41) is 11.9. The van der Waals surface area contributed by atoms with Gasteiger partial charge in [-0.1, -0.05) is 23.4 Å². The third-order valence-corrected chi connectivity index (χ3v) is 6.93. The topological polar surface area (TPSA) is 155 Å². The SMILES string of the molecule is Nc1ncnc2c1nc(Sc1ccc(Cl)cc1)n2[C@@H]1O[C@H]2COP(=O)(O)O[C@@H]2[C@H]1O. The van der Waals surface area contributed by atoms with Gasteiger partial charge in [-0.15, -0.1) is 0 Å². The summed E-state index contributed by atoms with van der Waals surface area (Å²) in [4.78, 5) is 23.2. The predicted molar refractivity (Wildman–Crippen MR) is 106 cm³/mol. The van der Waals surface area contributed by atoms with Crippen molar-refractivity contribution in [2.24, 2.45) is 0 Å². The highest BCUT2D eigenvalue weighted by atomic mass is 35.5. The minimum Gasteiger partial charge on any atom is -0.386 e. The van der Waals surface area contributed by atoms with E-state index < -0.39 is 32.4 Å². The van der Waals surface area contributed by atoms with Crippen molar-refractivity contribution < 1.29 is 28.3 Å². The number of nitrogens with two attached hydrogens (primary N) is 1. The number of rotatable bonds is 3. The highest BCUT2D eigenvalue weighted by Crippen LogP contribution is 2.53. The first kappa shape index (κ1) is 20.2. The Balaban J connectivity index is 1.58. The van der Waals surface area contributed by atoms with E-state index in [1.54, 1.807) is 16.7 Å². The standard InChI is InChI=1S/C16H15ClN5O6PS/c17-7-1-3-8(4-2-7)30-16-21-10-13(18)19-6-20-14(10)22(16)15-11(23)12-9(27-15)5-26-29(24,25)28-12/h1-4,6,9,11-12,15,23H,5H2,(H,24,25)(H2,18,19,20)/t9-,11+,12-,15+/m0/s1. The number of aliphatic hydroxyl groups excluding tert-OH is 1. The van der Waals surface area contributed by atoms with Crippen molar-refractivity contribution in [3.05, 3.63) is 35.6 Å². The van der Waals surface area contributed by atoms with Crippen LogP contribution < -0.4 is 5.73 Å². The Morgan fingerprint density at radius 3 is 2.83 bits per heavy atom. The van der Waals surface area contributed by atoms with Gasteiger partial charge in [0.25, 0.3) is 0 Å². The highest BCUT2D eigenvalue weighted by Gasteiger charge is 2.53. The Kier molecular flexibility index (Phi) is 4.99. The number of hydrogen-bond acceptors (Lipinski definition) is 10. The summed E-state index contributed by atoms with van der Waals surface area (Å²) >= 11 is 7.24. The van der Waals surface area contributed by atoms with Crippen LogP contribution in [-0.2, 0) is 18.3 Å². The number of hydrogen-bond donors (Lipinski definition) is 3. The van der Waals surface area contributed by atoms with Gasteiger partial charge in [0.1, 0.15) is 24.6 Å². The van der Waals surface area contributed by atoms with E-state index in [1.165, 1.54) is 18.1 Å². The zero-order valence-electron chi connectivity index (χ0n) is 15.0. The lowest BCUT2D eigenvalue weighted by Crippen LogP contribution is -2.39. The van der Waals surface area contributed by atoms with E-state index in [0.717, 1.165) is 4.90 Å². The maximum atomic E-state index is 11.8. The summed E-state index contributed by atoms with van der Waals surface area (Å²) in [6, 6.07) is 7.11. The first-order chi connectivity index (χ1) is 14.3. The molecule has 0 bridgehead atoms. The van der Waals surface area contributed by atoms with E-state index in [1.807, 2.05) is 12.1 Å². The van der Waals surface area contributed by atoms with Crippen LogP contribution in [-0.4, -0.2) is 54.4 Å². The number of anilines is 1. The average Bonchev–Trinajstić information content (AvgIpc) is 3.21. The Labute approximate surface area is 178 Å². The summed E-state index contributed by atoms with van der Waals surface area (Å²) in [5.41, 5.74) is 6.65. The van der Waals surface area contributed by atoms with Crippen LogP contribution in [0, 0.1) is 0 Å². The number of ether oxygens (including phenoxy) is 1. The lowest BCUT2D eigenvalue weighted by atomic mass is 10.1. The second-order valence-electron chi connectivity index (χ2n) is 6.64. The number of nitrogen functional groups attached to an aromatic ring is 1. The van der Waals surface area contributed by atoms with Crippen molar-refractivity contribution in [3.8, 4) is 0 Å². The molecule has 2 fully saturated rings. The molecule has 0 radical (unpaired) electrons. The van der Waals surface area contributed by atoms with Crippen LogP contribution in [0.1, 0.15) is 6.23 Å². The van der Waals surface area contributed by atoms with Crippen molar-refractivity contribution in [1.82, 2.24) is 19.5 Å². The number of aromatic nitrogens is 4. The Morgan fingerprint density at radius 2 is 2.07 bits per heavy atom. The van der Waals surface area contributed by atoms with E-state index in [9.17, 15) is 14.6 Å². The molecule has 0 aliphatic carbocycles. The van der Waals surface area contributed by atoms with Gasteiger partial charge in [-0.05, 0) is 24.3 Å². The van der Waals surface area contributed by atoms with E-state index in [-0.39, 0.29) is 12.4 Å². The van der Waals surface area contributed by atoms with Crippen LogP contribution in [0.15, 0.2) is 40.6 Å². The molecule has 2 aromatic heterocycles. The Hall–Kier alpha value is -1.76. The van der Waals surface area contributed by atoms with Gasteiger partial charge < -0.3 is 20.5 Å². The number of aliphatic hydroxyl groups is 1. The molecule has 11 nitrogen and oxygen atoms in total. The van der Waals surface area contributed by atoms with Crippen LogP contribution >= 0.6 is 31.2 Å². The van der Waals surface area contributed by atoms with Crippen LogP contribution in [0.3, 0.4) is 0 Å². The second-order valence-corrected chi connectivity index (χ2v) is 9.52. The first-order valence-electron chi connectivity index (χ1n) is 8.73. The minimum atomic E-state index is -4.25. The first-order valence-corrected chi connectivity index (χ1v) is 11.4. The average molecular weight is 472 g/mol. The molecule has 30 heavy (non-hydrogen) atoms. The molecule has 1 aromatic carbocycles. The van der Waals surface area contributed by atoms with Crippen molar-refractivity contribution in [2.75, 3.05) is 12.3 Å². The molecule has 5 rings (SSSR count). The molecule has 14 heteroatoms. The number of phosphoric acid groups is 1. The number of phosphoric ester groups is 1. The fourth-order valence-corrected chi connectivity index (χ4v) is 5.36. The molecule has 0 saturated carbocycles. The summed E-state index contributed by atoms with van der Waals surface area (Å²) in [6.07, 6.45) is -2.80. The van der Waals surface area contributed by atoms with Gasteiger partial charge in [0.2, 0.25) is 0 Å². The van der Waals surface area contributed by atoms with Crippen LogP contribution in [0.5, 0.6) is 0 Å². The predicted octanol–water partition coefficient (Wildman–Crippen LogP) is 1.99. The number of benzene rings is 1. The molecule has 5 atom stereocenters. The fourth-order valence-electron chi connectivity index (χ4n) is 3.36. The van der Waals surface area contributed by atoms with Gasteiger partial charge in [-0.2, -0.15) is 0 Å². The lowest BCUT2D eigenvalue weighted by Gasteiger charge is -2.27. The number of halogens is 1. The largest absolute Gasteiger partial charge is 0.472 e. The third-order valence-electron chi connectivity index (χ3n) is 4.72. The summed E-state index contributed by atoms with van der Waals surface area (Å²) in [6.45, 7) is -0.199. The molecule has 158 valence electrons. The van der Waals surface area contributed by atoms with Gasteiger partial charge >= 0.3 is 7.82 Å². The van der Waals surface area contributed by atoms with Crippen LogP contribution in [0.2, 0.25) is 5.02 Å². The summed E-state index contributed by atoms with van der Waals surface area (Å²) in [5.74, 6) is 0.168.